The molecule has 0 saturated heterocycles. The Morgan fingerprint density at radius 3 is 2.09 bits per heavy atom. The van der Waals surface area contributed by atoms with E-state index in [0.717, 1.165) is 56.9 Å². The fraction of sp³-hybridized carbons (Fsp3) is 0.0465. The van der Waals surface area contributed by atoms with Crippen LogP contribution in [0.15, 0.2) is 146 Å². The standard InChI is InChI=1S/C43H30N4/c1-3-29(25-34(4-2)47-39-16-10-8-14-36(39)37-15-9-11-17-40(37)47)32-22-23-35-33(24-32)26-38-41(30-12-6-5-7-13-30)45-43(46-42(35)38)31-20-18-28(27-44)19-21-31/h3-25H,1,26H2,2H3/b29-25+,34-4+. The predicted molar refractivity (Wildman–Crippen MR) is 193 cm³/mol. The number of aromatic nitrogens is 3. The predicted octanol–water partition coefficient (Wildman–Crippen LogP) is 10.5. The van der Waals surface area contributed by atoms with Gasteiger partial charge in [0, 0.05) is 45.1 Å². The zero-order chi connectivity index (χ0) is 31.9. The first-order valence-electron chi connectivity index (χ1n) is 15.8. The molecule has 1 aliphatic carbocycles. The first-order chi connectivity index (χ1) is 23.2. The minimum absolute atomic E-state index is 0.612. The molecule has 0 bridgehead atoms. The summed E-state index contributed by atoms with van der Waals surface area (Å²) in [4.78, 5) is 10.2. The van der Waals surface area contributed by atoms with Gasteiger partial charge in [0.1, 0.15) is 0 Å². The van der Waals surface area contributed by atoms with Gasteiger partial charge in [-0.3, -0.25) is 0 Å². The summed E-state index contributed by atoms with van der Waals surface area (Å²) in [5.74, 6) is 0.652. The molecule has 0 unspecified atom stereocenters. The molecule has 0 N–H and O–H groups in total. The van der Waals surface area contributed by atoms with Crippen molar-refractivity contribution in [1.82, 2.24) is 14.5 Å². The van der Waals surface area contributed by atoms with Gasteiger partial charge in [-0.2, -0.15) is 5.26 Å². The molecule has 5 aromatic carbocycles. The topological polar surface area (TPSA) is 54.5 Å². The van der Waals surface area contributed by atoms with Crippen molar-refractivity contribution in [2.75, 3.05) is 0 Å². The van der Waals surface area contributed by atoms with Gasteiger partial charge < -0.3 is 4.57 Å². The van der Waals surface area contributed by atoms with E-state index in [1.54, 1.807) is 0 Å². The van der Waals surface area contributed by atoms with E-state index in [2.05, 4.69) is 115 Å². The van der Waals surface area contributed by atoms with Crippen molar-refractivity contribution in [3.8, 4) is 40.0 Å². The largest absolute Gasteiger partial charge is 0.310 e. The zero-order valence-corrected chi connectivity index (χ0v) is 26.0. The molecule has 0 spiro atoms. The Morgan fingerprint density at radius 2 is 1.43 bits per heavy atom. The lowest BCUT2D eigenvalue weighted by molar-refractivity contribution is 1.13. The van der Waals surface area contributed by atoms with Crippen LogP contribution >= 0.6 is 0 Å². The van der Waals surface area contributed by atoms with Gasteiger partial charge in [-0.15, -0.1) is 0 Å². The molecule has 2 heterocycles. The van der Waals surface area contributed by atoms with Crippen molar-refractivity contribution in [2.45, 2.75) is 13.3 Å². The maximum absolute atomic E-state index is 9.31. The van der Waals surface area contributed by atoms with Gasteiger partial charge in [0.05, 0.1) is 34.1 Å². The highest BCUT2D eigenvalue weighted by atomic mass is 15.0. The molecule has 0 atom stereocenters. The average molecular weight is 603 g/mol. The molecule has 0 radical (unpaired) electrons. The molecule has 0 saturated carbocycles. The van der Waals surface area contributed by atoms with Crippen LogP contribution in [0.5, 0.6) is 0 Å². The van der Waals surface area contributed by atoms with Crippen LogP contribution in [0.3, 0.4) is 0 Å². The summed E-state index contributed by atoms with van der Waals surface area (Å²) in [6.45, 7) is 6.32. The average Bonchev–Trinajstić information content (AvgIpc) is 3.68. The summed E-state index contributed by atoms with van der Waals surface area (Å²) in [6, 6.07) is 43.8. The number of fused-ring (bicyclic) bond motifs is 6. The van der Waals surface area contributed by atoms with Crippen LogP contribution in [0.25, 0.3) is 67.0 Å². The van der Waals surface area contributed by atoms with Gasteiger partial charge in [0.2, 0.25) is 0 Å². The van der Waals surface area contributed by atoms with Crippen LogP contribution in [0.4, 0.5) is 0 Å². The quantitative estimate of drug-likeness (QED) is 0.178. The third kappa shape index (κ3) is 4.77. The van der Waals surface area contributed by atoms with E-state index in [1.165, 1.54) is 27.4 Å². The van der Waals surface area contributed by atoms with E-state index in [-0.39, 0.29) is 0 Å². The van der Waals surface area contributed by atoms with E-state index in [1.807, 2.05) is 48.5 Å². The minimum atomic E-state index is 0.612. The molecule has 4 heteroatoms. The maximum atomic E-state index is 9.31. The number of hydrogen-bond donors (Lipinski definition) is 0. The van der Waals surface area contributed by atoms with Crippen LogP contribution in [-0.4, -0.2) is 14.5 Å². The van der Waals surface area contributed by atoms with Crippen molar-refractivity contribution >= 4 is 33.1 Å². The number of rotatable bonds is 6. The fourth-order valence-corrected chi connectivity index (χ4v) is 6.77. The summed E-state index contributed by atoms with van der Waals surface area (Å²) in [7, 11) is 0. The van der Waals surface area contributed by atoms with Gasteiger partial charge in [-0.05, 0) is 66.1 Å². The lowest BCUT2D eigenvalue weighted by atomic mass is 9.99. The Hall–Kier alpha value is -6.31. The number of allylic oxidation sites excluding steroid dienone is 5. The number of para-hydroxylation sites is 2. The molecule has 2 aromatic heterocycles. The molecule has 222 valence electrons. The number of nitrogens with zero attached hydrogens (tertiary/aromatic N) is 4. The van der Waals surface area contributed by atoms with E-state index in [9.17, 15) is 5.26 Å². The summed E-state index contributed by atoms with van der Waals surface area (Å²) in [5.41, 5.74) is 13.5. The monoisotopic (exact) mass is 602 g/mol. The third-order valence-electron chi connectivity index (χ3n) is 9.04. The van der Waals surface area contributed by atoms with E-state index in [0.29, 0.717) is 11.4 Å². The van der Waals surface area contributed by atoms with Gasteiger partial charge in [0.25, 0.3) is 0 Å². The van der Waals surface area contributed by atoms with Crippen LogP contribution < -0.4 is 0 Å². The lowest BCUT2D eigenvalue weighted by Crippen LogP contribution is -1.99. The second-order valence-electron chi connectivity index (χ2n) is 11.7. The van der Waals surface area contributed by atoms with Crippen LogP contribution in [0.1, 0.15) is 29.2 Å². The maximum Gasteiger partial charge on any atom is 0.160 e. The summed E-state index contributed by atoms with van der Waals surface area (Å²) in [5, 5.41) is 11.8. The molecule has 0 amide bonds. The zero-order valence-electron chi connectivity index (χ0n) is 26.0. The van der Waals surface area contributed by atoms with Crippen molar-refractivity contribution in [3.05, 3.63) is 168 Å². The Morgan fingerprint density at radius 1 is 0.766 bits per heavy atom. The number of nitriles is 1. The highest BCUT2D eigenvalue weighted by Gasteiger charge is 2.26. The van der Waals surface area contributed by atoms with Crippen molar-refractivity contribution in [2.24, 2.45) is 0 Å². The van der Waals surface area contributed by atoms with E-state index in [4.69, 9.17) is 9.97 Å². The smallest absolute Gasteiger partial charge is 0.160 e. The molecule has 1 aliphatic rings. The molecule has 8 rings (SSSR count). The SMILES string of the molecule is C=C/C(=C\C(=C/C)n1c2ccccc2c2ccccc21)c1ccc2c(c1)Cc1c(-c3ccccc3)nc(-c3ccc(C#N)cc3)nc1-2. The van der Waals surface area contributed by atoms with Gasteiger partial charge in [-0.1, -0.05) is 104 Å². The molecule has 4 nitrogen and oxygen atoms in total. The minimum Gasteiger partial charge on any atom is -0.310 e. The van der Waals surface area contributed by atoms with Crippen molar-refractivity contribution in [1.29, 1.82) is 5.26 Å². The Bertz CT molecular complexity index is 2400. The second-order valence-corrected chi connectivity index (χ2v) is 11.7. The Balaban J connectivity index is 1.23. The first-order valence-corrected chi connectivity index (χ1v) is 15.8. The summed E-state index contributed by atoms with van der Waals surface area (Å²) in [6.07, 6.45) is 7.08. The molecule has 47 heavy (non-hydrogen) atoms. The molecular formula is C43H30N4. The van der Waals surface area contributed by atoms with Crippen LogP contribution in [0, 0.1) is 11.3 Å². The normalized spacial score (nSPS) is 12.6. The fourth-order valence-electron chi connectivity index (χ4n) is 6.77. The molecular weight excluding hydrogens is 573 g/mol. The molecule has 0 aliphatic heterocycles. The van der Waals surface area contributed by atoms with Crippen molar-refractivity contribution < 1.29 is 0 Å². The highest BCUT2D eigenvalue weighted by Crippen LogP contribution is 2.42. The Kier molecular flexibility index (Phi) is 6.93. The molecule has 0 fully saturated rings. The number of hydrogen-bond acceptors (Lipinski definition) is 3. The Labute approximate surface area is 273 Å². The van der Waals surface area contributed by atoms with E-state index >= 15 is 0 Å². The van der Waals surface area contributed by atoms with E-state index < -0.39 is 0 Å². The second kappa shape index (κ2) is 11.6. The summed E-state index contributed by atoms with van der Waals surface area (Å²) >= 11 is 0. The third-order valence-corrected chi connectivity index (χ3v) is 9.04. The first kappa shape index (κ1) is 28.2. The van der Waals surface area contributed by atoms with Crippen LogP contribution in [-0.2, 0) is 6.42 Å². The lowest BCUT2D eigenvalue weighted by Gasteiger charge is -2.12. The van der Waals surface area contributed by atoms with Gasteiger partial charge in [-0.25, -0.2) is 9.97 Å². The number of benzene rings is 5. The molecule has 7 aromatic rings. The van der Waals surface area contributed by atoms with Crippen LogP contribution in [0.2, 0.25) is 0 Å². The van der Waals surface area contributed by atoms with Gasteiger partial charge in [0.15, 0.2) is 5.82 Å². The van der Waals surface area contributed by atoms with Gasteiger partial charge >= 0.3 is 0 Å². The van der Waals surface area contributed by atoms with Crippen molar-refractivity contribution in [3.63, 3.8) is 0 Å². The summed E-state index contributed by atoms with van der Waals surface area (Å²) < 4.78 is 2.34. The highest BCUT2D eigenvalue weighted by molar-refractivity contribution is 6.10.